The Hall–Kier alpha value is -1.27. The molecule has 1 aliphatic carbocycles. The molecule has 0 aliphatic heterocycles. The minimum absolute atomic E-state index is 0.0188. The molecule has 0 fully saturated rings. The summed E-state index contributed by atoms with van der Waals surface area (Å²) in [5.41, 5.74) is 1.37. The number of amides is 1. The Morgan fingerprint density at radius 3 is 2.79 bits per heavy atom. The van der Waals surface area contributed by atoms with E-state index in [2.05, 4.69) is 17.3 Å². The van der Waals surface area contributed by atoms with E-state index in [1.807, 2.05) is 13.8 Å². The van der Waals surface area contributed by atoms with Gasteiger partial charge in [-0.05, 0) is 43.2 Å². The van der Waals surface area contributed by atoms with Crippen molar-refractivity contribution in [2.75, 3.05) is 0 Å². The first-order valence-electron chi connectivity index (χ1n) is 7.00. The highest BCUT2D eigenvalue weighted by Crippen LogP contribution is 2.29. The Morgan fingerprint density at radius 2 is 2.11 bits per heavy atom. The minimum atomic E-state index is -0.186. The molecule has 102 valence electrons. The molecule has 0 saturated heterocycles. The van der Waals surface area contributed by atoms with Crippen LogP contribution in [0.1, 0.15) is 53.2 Å². The molecular formula is C16H21NOS. The molecule has 19 heavy (non-hydrogen) atoms. The van der Waals surface area contributed by atoms with E-state index in [0.29, 0.717) is 0 Å². The molecule has 1 aromatic rings. The maximum Gasteiger partial charge on any atom is 0.262 e. The highest BCUT2D eigenvalue weighted by molar-refractivity contribution is 7.14. The molecule has 0 spiro atoms. The van der Waals surface area contributed by atoms with E-state index in [9.17, 15) is 4.79 Å². The molecule has 1 aliphatic rings. The third kappa shape index (κ3) is 3.39. The summed E-state index contributed by atoms with van der Waals surface area (Å²) in [6.07, 6.45) is 11.5. The molecule has 2 rings (SSSR count). The van der Waals surface area contributed by atoms with Crippen molar-refractivity contribution >= 4 is 17.2 Å². The largest absolute Gasteiger partial charge is 0.337 e. The predicted molar refractivity (Wildman–Crippen MR) is 80.5 cm³/mol. The van der Waals surface area contributed by atoms with E-state index in [0.717, 1.165) is 17.7 Å². The third-order valence-electron chi connectivity index (χ3n) is 3.60. The van der Waals surface area contributed by atoms with Gasteiger partial charge in [0.1, 0.15) is 0 Å². The van der Waals surface area contributed by atoms with Gasteiger partial charge in [0, 0.05) is 4.88 Å². The molecular weight excluding hydrogens is 254 g/mol. The van der Waals surface area contributed by atoms with Crippen LogP contribution in [0.3, 0.4) is 0 Å². The molecule has 1 atom stereocenters. The van der Waals surface area contributed by atoms with Gasteiger partial charge < -0.3 is 5.32 Å². The third-order valence-corrected chi connectivity index (χ3v) is 4.84. The van der Waals surface area contributed by atoms with E-state index in [-0.39, 0.29) is 17.9 Å². The van der Waals surface area contributed by atoms with Gasteiger partial charge in [-0.25, -0.2) is 0 Å². The molecule has 3 heteroatoms. The first-order valence-corrected chi connectivity index (χ1v) is 7.82. The first kappa shape index (κ1) is 14.1. The molecule has 0 saturated carbocycles. The second-order valence-corrected chi connectivity index (χ2v) is 6.62. The zero-order valence-electron chi connectivity index (χ0n) is 11.7. The van der Waals surface area contributed by atoms with Gasteiger partial charge in [-0.15, -0.1) is 17.8 Å². The SMILES string of the molecule is C#CC(NC(=O)c1cc2c(s1)CCCCC2)C(C)C. The zero-order chi connectivity index (χ0) is 13.8. The number of nitrogens with one attached hydrogen (secondary N) is 1. The monoisotopic (exact) mass is 275 g/mol. The average Bonchev–Trinajstić information content (AvgIpc) is 2.67. The smallest absolute Gasteiger partial charge is 0.262 e. The number of hydrogen-bond donors (Lipinski definition) is 1. The highest BCUT2D eigenvalue weighted by atomic mass is 32.1. The van der Waals surface area contributed by atoms with Crippen molar-refractivity contribution in [2.45, 2.75) is 52.0 Å². The molecule has 1 unspecified atom stereocenters. The van der Waals surface area contributed by atoms with Crippen LogP contribution in [0, 0.1) is 18.3 Å². The lowest BCUT2D eigenvalue weighted by atomic mass is 10.1. The van der Waals surface area contributed by atoms with Crippen molar-refractivity contribution in [3.05, 3.63) is 21.4 Å². The van der Waals surface area contributed by atoms with Gasteiger partial charge in [0.25, 0.3) is 5.91 Å². The molecule has 0 bridgehead atoms. The number of carbonyl (C=O) groups excluding carboxylic acids is 1. The van der Waals surface area contributed by atoms with Crippen LogP contribution in [-0.2, 0) is 12.8 Å². The van der Waals surface area contributed by atoms with E-state index in [1.54, 1.807) is 11.3 Å². The van der Waals surface area contributed by atoms with Crippen LogP contribution < -0.4 is 5.32 Å². The fraction of sp³-hybridized carbons (Fsp3) is 0.562. The molecule has 2 nitrogen and oxygen atoms in total. The van der Waals surface area contributed by atoms with Crippen molar-refractivity contribution in [1.82, 2.24) is 5.32 Å². The van der Waals surface area contributed by atoms with Gasteiger partial charge in [0.15, 0.2) is 0 Å². The maximum absolute atomic E-state index is 12.2. The fourth-order valence-corrected chi connectivity index (χ4v) is 3.55. The minimum Gasteiger partial charge on any atom is -0.337 e. The van der Waals surface area contributed by atoms with Crippen molar-refractivity contribution in [2.24, 2.45) is 5.92 Å². The number of aryl methyl sites for hydroxylation is 2. The van der Waals surface area contributed by atoms with Gasteiger partial charge in [-0.2, -0.15) is 0 Å². The van der Waals surface area contributed by atoms with Crippen LogP contribution in [0.2, 0.25) is 0 Å². The standard InChI is InChI=1S/C16H21NOS/c1-4-13(11(2)3)17-16(18)15-10-12-8-6-5-7-9-14(12)19-15/h1,10-11,13H,5-9H2,2-3H3,(H,17,18). The van der Waals surface area contributed by atoms with Gasteiger partial charge >= 0.3 is 0 Å². The van der Waals surface area contributed by atoms with Crippen molar-refractivity contribution < 1.29 is 4.79 Å². The lowest BCUT2D eigenvalue weighted by Crippen LogP contribution is -2.36. The first-order chi connectivity index (χ1) is 9.11. The summed E-state index contributed by atoms with van der Waals surface area (Å²) in [5, 5.41) is 2.94. The van der Waals surface area contributed by atoms with Crippen molar-refractivity contribution in [1.29, 1.82) is 0 Å². The molecule has 0 radical (unpaired) electrons. The second kappa shape index (κ2) is 6.25. The number of rotatable bonds is 3. The van der Waals surface area contributed by atoms with E-state index >= 15 is 0 Å². The Bertz CT molecular complexity index is 472. The summed E-state index contributed by atoms with van der Waals surface area (Å²) in [6, 6.07) is 1.88. The number of hydrogen-bond acceptors (Lipinski definition) is 2. The van der Waals surface area contributed by atoms with Gasteiger partial charge in [0.05, 0.1) is 10.9 Å². The van der Waals surface area contributed by atoms with E-state index in [1.165, 1.54) is 29.7 Å². The number of thiophene rings is 1. The molecule has 0 aromatic carbocycles. The normalized spacial score (nSPS) is 16.3. The van der Waals surface area contributed by atoms with Crippen LogP contribution in [0.5, 0.6) is 0 Å². The van der Waals surface area contributed by atoms with Crippen LogP contribution in [0.15, 0.2) is 6.07 Å². The van der Waals surface area contributed by atoms with E-state index in [4.69, 9.17) is 6.42 Å². The summed E-state index contributed by atoms with van der Waals surface area (Å²) in [5.74, 6) is 2.88. The molecule has 1 amide bonds. The fourth-order valence-electron chi connectivity index (χ4n) is 2.39. The zero-order valence-corrected chi connectivity index (χ0v) is 12.5. The predicted octanol–water partition coefficient (Wildman–Crippen LogP) is 3.40. The average molecular weight is 275 g/mol. The molecule has 1 heterocycles. The Kier molecular flexibility index (Phi) is 4.66. The summed E-state index contributed by atoms with van der Waals surface area (Å²) in [4.78, 5) is 14.4. The quantitative estimate of drug-likeness (QED) is 0.665. The Morgan fingerprint density at radius 1 is 1.37 bits per heavy atom. The maximum atomic E-state index is 12.2. The summed E-state index contributed by atoms with van der Waals surface area (Å²) < 4.78 is 0. The van der Waals surface area contributed by atoms with Crippen molar-refractivity contribution in [3.8, 4) is 12.3 Å². The van der Waals surface area contributed by atoms with Crippen LogP contribution in [0.25, 0.3) is 0 Å². The van der Waals surface area contributed by atoms with Crippen molar-refractivity contribution in [3.63, 3.8) is 0 Å². The summed E-state index contributed by atoms with van der Waals surface area (Å²) >= 11 is 1.64. The van der Waals surface area contributed by atoms with Crippen LogP contribution in [0.4, 0.5) is 0 Å². The number of terminal acetylenes is 1. The van der Waals surface area contributed by atoms with E-state index < -0.39 is 0 Å². The number of fused-ring (bicyclic) bond motifs is 1. The Labute approximate surface area is 119 Å². The molecule has 1 aromatic heterocycles. The number of carbonyl (C=O) groups is 1. The lowest BCUT2D eigenvalue weighted by Gasteiger charge is -2.15. The van der Waals surface area contributed by atoms with Gasteiger partial charge in [-0.3, -0.25) is 4.79 Å². The summed E-state index contributed by atoms with van der Waals surface area (Å²) in [6.45, 7) is 4.04. The van der Waals surface area contributed by atoms with Crippen LogP contribution >= 0.6 is 11.3 Å². The van der Waals surface area contributed by atoms with Gasteiger partial charge in [0.2, 0.25) is 0 Å². The topological polar surface area (TPSA) is 29.1 Å². The summed E-state index contributed by atoms with van der Waals surface area (Å²) in [7, 11) is 0. The van der Waals surface area contributed by atoms with Gasteiger partial charge in [-0.1, -0.05) is 26.2 Å². The molecule has 1 N–H and O–H groups in total. The van der Waals surface area contributed by atoms with Crippen LogP contribution in [-0.4, -0.2) is 11.9 Å². The lowest BCUT2D eigenvalue weighted by molar-refractivity contribution is 0.0942. The Balaban J connectivity index is 2.10. The second-order valence-electron chi connectivity index (χ2n) is 5.48. The highest BCUT2D eigenvalue weighted by Gasteiger charge is 2.19.